The van der Waals surface area contributed by atoms with Gasteiger partial charge in [0.2, 0.25) is 0 Å². The minimum Gasteiger partial charge on any atom is -0.311 e. The Kier molecular flexibility index (Phi) is 1.69. The molecule has 1 nitrogen and oxygen atoms in total. The van der Waals surface area contributed by atoms with E-state index in [4.69, 9.17) is 0 Å². The first-order valence-corrected chi connectivity index (χ1v) is 4.62. The molecule has 2 aliphatic carbocycles. The zero-order chi connectivity index (χ0) is 6.97. The minimum absolute atomic E-state index is 0.868. The van der Waals surface area contributed by atoms with E-state index in [0.717, 1.165) is 18.0 Å². The SMILES string of the molecule is C[C@@H]1CCC[C@@H]1NC1CC1. The van der Waals surface area contributed by atoms with Crippen LogP contribution in [0.3, 0.4) is 0 Å². The van der Waals surface area contributed by atoms with Gasteiger partial charge < -0.3 is 5.32 Å². The van der Waals surface area contributed by atoms with E-state index in [9.17, 15) is 0 Å². The molecule has 2 fully saturated rings. The predicted molar refractivity (Wildman–Crippen MR) is 43.0 cm³/mol. The van der Waals surface area contributed by atoms with Gasteiger partial charge in [0.05, 0.1) is 0 Å². The molecule has 0 spiro atoms. The van der Waals surface area contributed by atoms with Crippen LogP contribution in [0.4, 0.5) is 0 Å². The van der Waals surface area contributed by atoms with Crippen LogP contribution in [0.5, 0.6) is 0 Å². The normalized spacial score (nSPS) is 40.5. The third-order valence-electron chi connectivity index (χ3n) is 2.89. The summed E-state index contributed by atoms with van der Waals surface area (Å²) < 4.78 is 0. The number of nitrogens with one attached hydrogen (secondary N) is 1. The Bertz CT molecular complexity index is 118. The molecule has 0 radical (unpaired) electrons. The van der Waals surface area contributed by atoms with Crippen molar-refractivity contribution in [3.8, 4) is 0 Å². The molecule has 10 heavy (non-hydrogen) atoms. The van der Waals surface area contributed by atoms with Crippen molar-refractivity contribution in [2.45, 2.75) is 51.1 Å². The van der Waals surface area contributed by atoms with E-state index in [0.29, 0.717) is 0 Å². The molecule has 2 rings (SSSR count). The summed E-state index contributed by atoms with van der Waals surface area (Å²) in [5, 5.41) is 3.70. The van der Waals surface area contributed by atoms with Crippen molar-refractivity contribution in [2.24, 2.45) is 5.92 Å². The van der Waals surface area contributed by atoms with Crippen molar-refractivity contribution >= 4 is 0 Å². The third-order valence-corrected chi connectivity index (χ3v) is 2.89. The third kappa shape index (κ3) is 1.34. The molecule has 2 saturated carbocycles. The Labute approximate surface area is 63.2 Å². The van der Waals surface area contributed by atoms with E-state index >= 15 is 0 Å². The Morgan fingerprint density at radius 2 is 1.90 bits per heavy atom. The van der Waals surface area contributed by atoms with E-state index < -0.39 is 0 Å². The maximum Gasteiger partial charge on any atom is 0.00952 e. The van der Waals surface area contributed by atoms with E-state index in [1.54, 1.807) is 0 Å². The van der Waals surface area contributed by atoms with Crippen LogP contribution in [0.25, 0.3) is 0 Å². The van der Waals surface area contributed by atoms with Crippen molar-refractivity contribution < 1.29 is 0 Å². The predicted octanol–water partition coefficient (Wildman–Crippen LogP) is 1.93. The van der Waals surface area contributed by atoms with Gasteiger partial charge in [0.25, 0.3) is 0 Å². The van der Waals surface area contributed by atoms with Gasteiger partial charge in [-0.2, -0.15) is 0 Å². The highest BCUT2D eigenvalue weighted by Gasteiger charge is 2.29. The molecule has 58 valence electrons. The molecule has 0 aromatic carbocycles. The maximum absolute atomic E-state index is 3.70. The second kappa shape index (κ2) is 2.54. The molecule has 0 amide bonds. The highest BCUT2D eigenvalue weighted by Crippen LogP contribution is 2.29. The lowest BCUT2D eigenvalue weighted by atomic mass is 10.1. The smallest absolute Gasteiger partial charge is 0.00952 e. The topological polar surface area (TPSA) is 12.0 Å². The number of hydrogen-bond donors (Lipinski definition) is 1. The molecule has 0 heterocycles. The average molecular weight is 139 g/mol. The maximum atomic E-state index is 3.70. The average Bonchev–Trinajstić information content (AvgIpc) is 2.62. The van der Waals surface area contributed by atoms with E-state index in [1.807, 2.05) is 0 Å². The summed E-state index contributed by atoms with van der Waals surface area (Å²) in [5.74, 6) is 0.945. The van der Waals surface area contributed by atoms with Crippen molar-refractivity contribution in [1.29, 1.82) is 0 Å². The van der Waals surface area contributed by atoms with Crippen molar-refractivity contribution in [3.05, 3.63) is 0 Å². The summed E-state index contributed by atoms with van der Waals surface area (Å²) in [6.45, 7) is 2.38. The van der Waals surface area contributed by atoms with Gasteiger partial charge in [0.1, 0.15) is 0 Å². The highest BCUT2D eigenvalue weighted by molar-refractivity contribution is 4.89. The molecule has 0 aromatic rings. The lowest BCUT2D eigenvalue weighted by Crippen LogP contribution is -2.32. The van der Waals surface area contributed by atoms with Crippen LogP contribution in [-0.4, -0.2) is 12.1 Å². The van der Waals surface area contributed by atoms with Crippen LogP contribution in [0, 0.1) is 5.92 Å². The fraction of sp³-hybridized carbons (Fsp3) is 1.00. The number of hydrogen-bond acceptors (Lipinski definition) is 1. The summed E-state index contributed by atoms with van der Waals surface area (Å²) in [4.78, 5) is 0. The first-order chi connectivity index (χ1) is 4.86. The molecule has 1 heteroatoms. The van der Waals surface area contributed by atoms with E-state index in [1.165, 1.54) is 32.1 Å². The molecule has 2 aliphatic rings. The first-order valence-electron chi connectivity index (χ1n) is 4.62. The van der Waals surface area contributed by atoms with Crippen LogP contribution in [0.2, 0.25) is 0 Å². The Balaban J connectivity index is 1.79. The fourth-order valence-electron chi connectivity index (χ4n) is 1.95. The van der Waals surface area contributed by atoms with Gasteiger partial charge >= 0.3 is 0 Å². The molecule has 0 aliphatic heterocycles. The summed E-state index contributed by atoms with van der Waals surface area (Å²) >= 11 is 0. The molecule has 0 aromatic heterocycles. The van der Waals surface area contributed by atoms with Gasteiger partial charge in [-0.15, -0.1) is 0 Å². The molecular weight excluding hydrogens is 122 g/mol. The second-order valence-corrected chi connectivity index (χ2v) is 3.96. The zero-order valence-electron chi connectivity index (χ0n) is 6.77. The van der Waals surface area contributed by atoms with Gasteiger partial charge in [-0.05, 0) is 31.6 Å². The van der Waals surface area contributed by atoms with Crippen LogP contribution in [-0.2, 0) is 0 Å². The van der Waals surface area contributed by atoms with Crippen molar-refractivity contribution in [2.75, 3.05) is 0 Å². The van der Waals surface area contributed by atoms with Gasteiger partial charge in [-0.3, -0.25) is 0 Å². The first kappa shape index (κ1) is 6.66. The molecular formula is C9H17N. The van der Waals surface area contributed by atoms with Gasteiger partial charge in [0.15, 0.2) is 0 Å². The largest absolute Gasteiger partial charge is 0.311 e. The second-order valence-electron chi connectivity index (χ2n) is 3.96. The molecule has 0 bridgehead atoms. The quantitative estimate of drug-likeness (QED) is 0.616. The van der Waals surface area contributed by atoms with Crippen LogP contribution < -0.4 is 5.32 Å². The summed E-state index contributed by atoms with van der Waals surface area (Å²) in [7, 11) is 0. The van der Waals surface area contributed by atoms with Gasteiger partial charge in [0, 0.05) is 12.1 Å². The van der Waals surface area contributed by atoms with Crippen LogP contribution in [0.1, 0.15) is 39.0 Å². The van der Waals surface area contributed by atoms with Gasteiger partial charge in [-0.25, -0.2) is 0 Å². The van der Waals surface area contributed by atoms with Crippen LogP contribution >= 0.6 is 0 Å². The van der Waals surface area contributed by atoms with Crippen LogP contribution in [0.15, 0.2) is 0 Å². The van der Waals surface area contributed by atoms with Gasteiger partial charge in [-0.1, -0.05) is 13.3 Å². The molecule has 1 N–H and O–H groups in total. The fourth-order valence-corrected chi connectivity index (χ4v) is 1.95. The van der Waals surface area contributed by atoms with E-state index in [2.05, 4.69) is 12.2 Å². The summed E-state index contributed by atoms with van der Waals surface area (Å²) in [5.41, 5.74) is 0. The Hall–Kier alpha value is -0.0400. The van der Waals surface area contributed by atoms with Crippen molar-refractivity contribution in [3.63, 3.8) is 0 Å². The molecule has 2 atom stereocenters. The number of rotatable bonds is 2. The molecule has 0 unspecified atom stereocenters. The van der Waals surface area contributed by atoms with E-state index in [-0.39, 0.29) is 0 Å². The standard InChI is InChI=1S/C9H17N/c1-7-3-2-4-9(7)10-8-5-6-8/h7-10H,2-6H2,1H3/t7-,9+/m1/s1. The van der Waals surface area contributed by atoms with Crippen molar-refractivity contribution in [1.82, 2.24) is 5.32 Å². The Morgan fingerprint density at radius 3 is 2.40 bits per heavy atom. The highest BCUT2D eigenvalue weighted by atomic mass is 15.0. The summed E-state index contributed by atoms with van der Waals surface area (Å²) in [6, 6.07) is 1.78. The minimum atomic E-state index is 0.868. The lowest BCUT2D eigenvalue weighted by molar-refractivity contribution is 0.424. The Morgan fingerprint density at radius 1 is 1.10 bits per heavy atom. The zero-order valence-corrected chi connectivity index (χ0v) is 6.77. The lowest BCUT2D eigenvalue weighted by Gasteiger charge is -2.16. The monoisotopic (exact) mass is 139 g/mol. The molecule has 0 saturated heterocycles. The summed E-state index contributed by atoms with van der Waals surface area (Å²) in [6.07, 6.45) is 7.19.